The fraction of sp³-hybridized carbons (Fsp3) is 0.733. The molecule has 106 valence electrons. The summed E-state index contributed by atoms with van der Waals surface area (Å²) in [6.45, 7) is 4.41. The van der Waals surface area contributed by atoms with Crippen molar-refractivity contribution in [3.63, 3.8) is 0 Å². The number of aliphatic hydroxyl groups is 1. The molecule has 4 heteroatoms. The molecule has 19 heavy (non-hydrogen) atoms. The molecule has 0 aromatic heterocycles. The van der Waals surface area contributed by atoms with E-state index in [-0.39, 0.29) is 49.6 Å². The summed E-state index contributed by atoms with van der Waals surface area (Å²) in [7, 11) is 0. The number of rotatable bonds is 2. The van der Waals surface area contributed by atoms with Gasteiger partial charge < -0.3 is 11.3 Å². The van der Waals surface area contributed by atoms with Crippen LogP contribution in [0.2, 0.25) is 0 Å². The molecule has 2 saturated carbocycles. The second kappa shape index (κ2) is 12.3. The van der Waals surface area contributed by atoms with Crippen molar-refractivity contribution in [3.8, 4) is 24.7 Å². The van der Waals surface area contributed by atoms with Crippen LogP contribution in [0.25, 0.3) is 0 Å². The Balaban J connectivity index is -0.0000000950. The molecule has 2 fully saturated rings. The van der Waals surface area contributed by atoms with E-state index in [1.165, 1.54) is 12.8 Å². The summed E-state index contributed by atoms with van der Waals surface area (Å²) >= 11 is 3.01. The van der Waals surface area contributed by atoms with Gasteiger partial charge in [-0.1, -0.05) is 35.2 Å². The molecule has 2 nitrogen and oxygen atoms in total. The summed E-state index contributed by atoms with van der Waals surface area (Å²) in [6, 6.07) is 0. The second-order valence-electron chi connectivity index (χ2n) is 4.78. The Labute approximate surface area is 151 Å². The van der Waals surface area contributed by atoms with E-state index in [1.807, 2.05) is 6.92 Å². The summed E-state index contributed by atoms with van der Waals surface area (Å²) in [5.74, 6) is 4.79. The molecule has 0 bridgehead atoms. The fourth-order valence-corrected chi connectivity index (χ4v) is 0.717. The van der Waals surface area contributed by atoms with E-state index in [4.69, 9.17) is 22.7 Å². The van der Waals surface area contributed by atoms with Crippen LogP contribution in [0.3, 0.4) is 0 Å². The largest absolute Gasteiger partial charge is 1.00 e. The van der Waals surface area contributed by atoms with Crippen molar-refractivity contribution in [2.24, 2.45) is 0 Å². The maximum Gasteiger partial charge on any atom is 1.00 e. The standard InChI is InChI=1S/C7H10O.C4H8O.C3H3Br.CH4.Na.H/c1-3-6-8-7(2)4-5-7;1-4(5)2-3-4;1-2-3-4;;;/h1H,4-6H2,2H3;5H,2-3H2,1H3;1H,3H2;1H4;;/q;;;;+1;-1. The van der Waals surface area contributed by atoms with Crippen molar-refractivity contribution in [2.75, 3.05) is 11.9 Å². The molecule has 0 aromatic carbocycles. The van der Waals surface area contributed by atoms with Gasteiger partial charge in [-0.25, -0.2) is 0 Å². The zero-order valence-corrected chi connectivity index (χ0v) is 15.2. The smallest absolute Gasteiger partial charge is 1.00 e. The maximum atomic E-state index is 8.63. The van der Waals surface area contributed by atoms with Gasteiger partial charge >= 0.3 is 29.6 Å². The van der Waals surface area contributed by atoms with E-state index in [9.17, 15) is 0 Å². The molecule has 0 aromatic rings. The van der Waals surface area contributed by atoms with Gasteiger partial charge in [0.25, 0.3) is 0 Å². The summed E-state index contributed by atoms with van der Waals surface area (Å²) in [5.41, 5.74) is -0.0909. The quantitative estimate of drug-likeness (QED) is 0.450. The number of hydrogen-bond acceptors (Lipinski definition) is 2. The Hall–Kier alpha value is 0.520. The number of terminal acetylenes is 2. The summed E-state index contributed by atoms with van der Waals surface area (Å²) in [5, 5.41) is 9.29. The summed E-state index contributed by atoms with van der Waals surface area (Å²) in [4.78, 5) is 0. The van der Waals surface area contributed by atoms with Gasteiger partial charge in [0.2, 0.25) is 0 Å². The van der Waals surface area contributed by atoms with E-state index in [2.05, 4.69) is 34.7 Å². The zero-order valence-electron chi connectivity index (χ0n) is 12.6. The van der Waals surface area contributed by atoms with Gasteiger partial charge in [0.05, 0.1) is 16.5 Å². The van der Waals surface area contributed by atoms with Crippen LogP contribution in [0, 0.1) is 24.7 Å². The van der Waals surface area contributed by atoms with E-state index < -0.39 is 0 Å². The third-order valence-electron chi connectivity index (χ3n) is 2.51. The third-order valence-corrected chi connectivity index (χ3v) is 2.83. The summed E-state index contributed by atoms with van der Waals surface area (Å²) < 4.78 is 5.25. The van der Waals surface area contributed by atoms with Crippen LogP contribution in [0.15, 0.2) is 0 Å². The Kier molecular flexibility index (Phi) is 15.8. The van der Waals surface area contributed by atoms with Gasteiger partial charge in [0.1, 0.15) is 6.61 Å². The van der Waals surface area contributed by atoms with Crippen molar-refractivity contribution >= 4 is 15.9 Å². The molecule has 0 saturated heterocycles. The molecule has 2 aliphatic carbocycles. The first-order valence-electron chi connectivity index (χ1n) is 5.68. The molecular weight excluding hydrogens is 315 g/mol. The van der Waals surface area contributed by atoms with E-state index in [0.717, 1.165) is 12.8 Å². The SMILES string of the molecule is C.C#CCBr.C#CCOC1(C)CC1.CC1(O)CC1.[H-].[Na+]. The first-order chi connectivity index (χ1) is 7.89. The fourth-order valence-electron chi connectivity index (χ4n) is 0.717. The van der Waals surface area contributed by atoms with Gasteiger partial charge in [0, 0.05) is 0 Å². The zero-order chi connectivity index (χ0) is 13.4. The molecule has 0 atom stereocenters. The molecule has 0 spiro atoms. The molecule has 1 N–H and O–H groups in total. The molecule has 0 amide bonds. The van der Waals surface area contributed by atoms with Crippen molar-refractivity contribution in [3.05, 3.63) is 0 Å². The van der Waals surface area contributed by atoms with Crippen LogP contribution in [0.1, 0.15) is 48.4 Å². The van der Waals surface area contributed by atoms with Gasteiger partial charge in [-0.2, -0.15) is 0 Å². The van der Waals surface area contributed by atoms with Crippen LogP contribution in [-0.2, 0) is 4.74 Å². The first kappa shape index (κ1) is 24.5. The Morgan fingerprint density at radius 3 is 1.74 bits per heavy atom. The molecule has 2 rings (SSSR count). The minimum Gasteiger partial charge on any atom is -1.00 e. The van der Waals surface area contributed by atoms with Gasteiger partial charge in [-0.3, -0.25) is 0 Å². The number of hydrogen-bond donors (Lipinski definition) is 1. The van der Waals surface area contributed by atoms with Gasteiger partial charge in [0.15, 0.2) is 0 Å². The van der Waals surface area contributed by atoms with Gasteiger partial charge in [-0.05, 0) is 39.5 Å². The van der Waals surface area contributed by atoms with Crippen molar-refractivity contribution in [2.45, 2.75) is 58.2 Å². The minimum atomic E-state index is -0.250. The van der Waals surface area contributed by atoms with Crippen LogP contribution >= 0.6 is 15.9 Å². The Morgan fingerprint density at radius 1 is 1.21 bits per heavy atom. The first-order valence-corrected chi connectivity index (χ1v) is 6.80. The predicted molar refractivity (Wildman–Crippen MR) is 82.8 cm³/mol. The van der Waals surface area contributed by atoms with Crippen LogP contribution in [-0.4, -0.2) is 28.2 Å². The monoisotopic (exact) mass is 340 g/mol. The second-order valence-corrected chi connectivity index (χ2v) is 5.34. The van der Waals surface area contributed by atoms with E-state index >= 15 is 0 Å². The van der Waals surface area contributed by atoms with Crippen LogP contribution < -0.4 is 29.6 Å². The molecule has 0 unspecified atom stereocenters. The van der Waals surface area contributed by atoms with Crippen molar-refractivity contribution in [1.29, 1.82) is 0 Å². The van der Waals surface area contributed by atoms with Crippen LogP contribution in [0.4, 0.5) is 0 Å². The van der Waals surface area contributed by atoms with Crippen molar-refractivity contribution < 1.29 is 40.8 Å². The molecule has 0 aliphatic heterocycles. The van der Waals surface area contributed by atoms with E-state index in [0.29, 0.717) is 11.9 Å². The molecule has 0 heterocycles. The Morgan fingerprint density at radius 2 is 1.58 bits per heavy atom. The Bertz CT molecular complexity index is 298. The van der Waals surface area contributed by atoms with Crippen molar-refractivity contribution in [1.82, 2.24) is 0 Å². The molecule has 2 aliphatic rings. The predicted octanol–water partition coefficient (Wildman–Crippen LogP) is 0.487. The average molecular weight is 341 g/mol. The molecular formula is C15H26BrNaO2. The van der Waals surface area contributed by atoms with Gasteiger partial charge in [-0.15, -0.1) is 12.8 Å². The maximum absolute atomic E-state index is 8.63. The average Bonchev–Trinajstić information content (AvgIpc) is 3.19. The number of ether oxygens (including phenoxy) is 1. The molecule has 0 radical (unpaired) electrons. The summed E-state index contributed by atoms with van der Waals surface area (Å²) in [6.07, 6.45) is 14.1. The topological polar surface area (TPSA) is 29.5 Å². The number of alkyl halides is 1. The minimum absolute atomic E-state index is 0. The van der Waals surface area contributed by atoms with E-state index in [1.54, 1.807) is 0 Å². The van der Waals surface area contributed by atoms with Crippen LogP contribution in [0.5, 0.6) is 0 Å². The third kappa shape index (κ3) is 18.5. The number of halogens is 1. The normalized spacial score (nSPS) is 18.2.